The van der Waals surface area contributed by atoms with Crippen molar-refractivity contribution >= 4 is 22.6 Å². The Hall–Kier alpha value is -3.66. The molecule has 3 aromatic heterocycles. The van der Waals surface area contributed by atoms with Crippen LogP contribution in [0, 0.1) is 0 Å². The molecule has 3 heterocycles. The fraction of sp³-hybridized carbons (Fsp3) is 0.182. The first-order chi connectivity index (χ1) is 15.7. The van der Waals surface area contributed by atoms with Crippen LogP contribution in [0.3, 0.4) is 0 Å². The summed E-state index contributed by atoms with van der Waals surface area (Å²) in [5, 5.41) is 4.30. The van der Waals surface area contributed by atoms with Gasteiger partial charge in [0.2, 0.25) is 0 Å². The third-order valence-electron chi connectivity index (χ3n) is 4.73. The molecule has 0 aliphatic rings. The van der Waals surface area contributed by atoms with E-state index in [2.05, 4.69) is 10.1 Å². The van der Waals surface area contributed by atoms with Crippen LogP contribution in [-0.2, 0) is 12.6 Å². The first-order valence-electron chi connectivity index (χ1n) is 9.73. The second-order valence-corrected chi connectivity index (χ2v) is 7.42. The quantitative estimate of drug-likeness (QED) is 0.369. The normalized spacial score (nSPS) is 11.7. The third-order valence-corrected chi connectivity index (χ3v) is 5.08. The van der Waals surface area contributed by atoms with Crippen molar-refractivity contribution in [2.75, 3.05) is 0 Å². The molecule has 0 amide bonds. The summed E-state index contributed by atoms with van der Waals surface area (Å²) in [6, 6.07) is 8.09. The van der Waals surface area contributed by atoms with Crippen LogP contribution in [0.25, 0.3) is 16.8 Å². The topological polar surface area (TPSA) is 87.2 Å². The molecule has 33 heavy (non-hydrogen) atoms. The SMILES string of the molecule is CCCc1cc(=O)oc2cc(Oc3cnn(-c4ccc(C(F)(F)F)cn4)c(=O)c3Cl)ccc12. The largest absolute Gasteiger partial charge is 0.454 e. The molecule has 0 saturated carbocycles. The maximum atomic E-state index is 12.7. The Morgan fingerprint density at radius 3 is 2.58 bits per heavy atom. The van der Waals surface area contributed by atoms with Crippen LogP contribution in [-0.4, -0.2) is 14.8 Å². The molecule has 1 aromatic carbocycles. The number of hydrogen-bond acceptors (Lipinski definition) is 6. The molecule has 4 rings (SSSR count). The maximum Gasteiger partial charge on any atom is 0.417 e. The lowest BCUT2D eigenvalue weighted by molar-refractivity contribution is -0.137. The van der Waals surface area contributed by atoms with Crippen LogP contribution in [0.1, 0.15) is 24.5 Å². The summed E-state index contributed by atoms with van der Waals surface area (Å²) < 4.78 is 49.8. The number of pyridine rings is 1. The van der Waals surface area contributed by atoms with Gasteiger partial charge in [-0.3, -0.25) is 4.79 Å². The molecule has 0 unspecified atom stereocenters. The lowest BCUT2D eigenvalue weighted by Gasteiger charge is -2.11. The van der Waals surface area contributed by atoms with Gasteiger partial charge in [0, 0.05) is 23.7 Å². The Morgan fingerprint density at radius 1 is 1.12 bits per heavy atom. The van der Waals surface area contributed by atoms with E-state index in [9.17, 15) is 22.8 Å². The molecule has 7 nitrogen and oxygen atoms in total. The average molecular weight is 478 g/mol. The minimum absolute atomic E-state index is 0.0868. The zero-order valence-electron chi connectivity index (χ0n) is 17.0. The van der Waals surface area contributed by atoms with Gasteiger partial charge in [0.15, 0.2) is 16.6 Å². The lowest BCUT2D eigenvalue weighted by Crippen LogP contribution is -2.23. The van der Waals surface area contributed by atoms with Crippen molar-refractivity contribution in [3.05, 3.63) is 85.7 Å². The summed E-state index contributed by atoms with van der Waals surface area (Å²) in [4.78, 5) is 28.1. The van der Waals surface area contributed by atoms with Gasteiger partial charge in [-0.2, -0.15) is 23.0 Å². The van der Waals surface area contributed by atoms with E-state index in [1.807, 2.05) is 6.92 Å². The predicted molar refractivity (Wildman–Crippen MR) is 114 cm³/mol. The van der Waals surface area contributed by atoms with Crippen LogP contribution in [0.5, 0.6) is 11.5 Å². The monoisotopic (exact) mass is 477 g/mol. The summed E-state index contributed by atoms with van der Waals surface area (Å²) in [5.41, 5.74) is -1.12. The summed E-state index contributed by atoms with van der Waals surface area (Å²) in [6.07, 6.45) is -1.28. The van der Waals surface area contributed by atoms with Crippen molar-refractivity contribution in [2.45, 2.75) is 25.9 Å². The van der Waals surface area contributed by atoms with Gasteiger partial charge in [0.25, 0.3) is 5.56 Å². The maximum absolute atomic E-state index is 12.7. The zero-order chi connectivity index (χ0) is 23.8. The summed E-state index contributed by atoms with van der Waals surface area (Å²) >= 11 is 6.13. The van der Waals surface area contributed by atoms with Crippen LogP contribution < -0.4 is 15.9 Å². The summed E-state index contributed by atoms with van der Waals surface area (Å²) in [7, 11) is 0. The summed E-state index contributed by atoms with van der Waals surface area (Å²) in [6.45, 7) is 2.00. The predicted octanol–water partition coefficient (Wildman–Crippen LogP) is 5.15. The minimum Gasteiger partial charge on any atom is -0.454 e. The Morgan fingerprint density at radius 2 is 1.91 bits per heavy atom. The van der Waals surface area contributed by atoms with Crippen LogP contribution in [0.4, 0.5) is 13.2 Å². The number of halogens is 4. The molecule has 0 fully saturated rings. The molecule has 0 N–H and O–H groups in total. The highest BCUT2D eigenvalue weighted by atomic mass is 35.5. The highest BCUT2D eigenvalue weighted by Gasteiger charge is 2.30. The number of aryl methyl sites for hydroxylation is 1. The number of ether oxygens (including phenoxy) is 1. The van der Waals surface area contributed by atoms with Crippen molar-refractivity contribution in [3.8, 4) is 17.3 Å². The van der Waals surface area contributed by atoms with E-state index in [-0.39, 0.29) is 22.3 Å². The number of rotatable bonds is 5. The van der Waals surface area contributed by atoms with Crippen molar-refractivity contribution in [3.63, 3.8) is 0 Å². The van der Waals surface area contributed by atoms with Gasteiger partial charge >= 0.3 is 11.8 Å². The fourth-order valence-corrected chi connectivity index (χ4v) is 3.38. The van der Waals surface area contributed by atoms with Gasteiger partial charge in [-0.25, -0.2) is 9.78 Å². The minimum atomic E-state index is -4.56. The van der Waals surface area contributed by atoms with Crippen molar-refractivity contribution in [2.24, 2.45) is 0 Å². The Balaban J connectivity index is 1.66. The number of aromatic nitrogens is 3. The van der Waals surface area contributed by atoms with Gasteiger partial charge in [-0.05, 0) is 36.2 Å². The van der Waals surface area contributed by atoms with E-state index in [0.717, 1.165) is 40.4 Å². The molecular weight excluding hydrogens is 463 g/mol. The molecule has 0 aliphatic carbocycles. The first kappa shape index (κ1) is 22.5. The standard InChI is InChI=1S/C22H15ClF3N3O4/c1-2-3-12-8-19(30)33-16-9-14(5-6-15(12)16)32-17-11-28-29(21(31)20(17)23)18-7-4-13(10-27-18)22(24,25)26/h4-11H,2-3H2,1H3. The first-order valence-corrected chi connectivity index (χ1v) is 10.1. The number of fused-ring (bicyclic) bond motifs is 1. The van der Waals surface area contributed by atoms with Gasteiger partial charge < -0.3 is 9.15 Å². The highest BCUT2D eigenvalue weighted by Crippen LogP contribution is 2.30. The van der Waals surface area contributed by atoms with Gasteiger partial charge in [-0.15, -0.1) is 0 Å². The Bertz CT molecular complexity index is 1450. The van der Waals surface area contributed by atoms with E-state index >= 15 is 0 Å². The molecule has 0 atom stereocenters. The Kier molecular flexibility index (Phi) is 5.94. The molecule has 0 radical (unpaired) electrons. The average Bonchev–Trinajstić information content (AvgIpc) is 2.76. The van der Waals surface area contributed by atoms with Crippen molar-refractivity contribution in [1.82, 2.24) is 14.8 Å². The van der Waals surface area contributed by atoms with E-state index in [0.29, 0.717) is 18.2 Å². The van der Waals surface area contributed by atoms with Gasteiger partial charge in [-0.1, -0.05) is 24.9 Å². The molecule has 4 aromatic rings. The van der Waals surface area contributed by atoms with Crippen LogP contribution in [0.15, 0.2) is 62.8 Å². The third kappa shape index (κ3) is 4.61. The number of nitrogens with zero attached hydrogens (tertiary/aromatic N) is 3. The zero-order valence-corrected chi connectivity index (χ0v) is 17.8. The second kappa shape index (κ2) is 8.70. The second-order valence-electron chi connectivity index (χ2n) is 7.04. The molecule has 0 aliphatic heterocycles. The van der Waals surface area contributed by atoms with Gasteiger partial charge in [0.1, 0.15) is 11.3 Å². The molecule has 0 spiro atoms. The smallest absolute Gasteiger partial charge is 0.417 e. The fourth-order valence-electron chi connectivity index (χ4n) is 3.21. The van der Waals surface area contributed by atoms with Crippen LogP contribution >= 0.6 is 11.6 Å². The van der Waals surface area contributed by atoms with E-state index in [1.54, 1.807) is 12.1 Å². The lowest BCUT2D eigenvalue weighted by atomic mass is 10.1. The van der Waals surface area contributed by atoms with E-state index in [1.165, 1.54) is 12.1 Å². The van der Waals surface area contributed by atoms with Crippen LogP contribution in [0.2, 0.25) is 5.02 Å². The number of alkyl halides is 3. The highest BCUT2D eigenvalue weighted by molar-refractivity contribution is 6.31. The molecule has 0 saturated heterocycles. The van der Waals surface area contributed by atoms with Crippen molar-refractivity contribution < 1.29 is 22.3 Å². The molecule has 170 valence electrons. The Labute approximate surface area is 189 Å². The summed E-state index contributed by atoms with van der Waals surface area (Å²) in [5.74, 6) is 0.0152. The molecule has 11 heteroatoms. The molecular formula is C22H15ClF3N3O4. The van der Waals surface area contributed by atoms with E-state index in [4.69, 9.17) is 20.8 Å². The van der Waals surface area contributed by atoms with Crippen molar-refractivity contribution in [1.29, 1.82) is 0 Å². The number of benzene rings is 1. The van der Waals surface area contributed by atoms with E-state index < -0.39 is 22.9 Å². The van der Waals surface area contributed by atoms with Gasteiger partial charge in [0.05, 0.1) is 11.8 Å². The molecule has 0 bridgehead atoms. The number of hydrogen-bond donors (Lipinski definition) is 0.